The van der Waals surface area contributed by atoms with Gasteiger partial charge in [-0.3, -0.25) is 4.79 Å². The Bertz CT molecular complexity index is 896. The number of rotatable bonds is 5. The number of amides is 1. The molecular formula is C23H23NO2. The van der Waals surface area contributed by atoms with Gasteiger partial charge in [0.1, 0.15) is 11.5 Å². The zero-order valence-corrected chi connectivity index (χ0v) is 15.4. The molecule has 0 heterocycles. The summed E-state index contributed by atoms with van der Waals surface area (Å²) in [5.41, 5.74) is 5.41. The SMILES string of the molecule is Cc1ccc(Oc2ccc(NC(=O)Cc3ccc(C)c(C)c3)cc2)cc1. The van der Waals surface area contributed by atoms with Gasteiger partial charge in [-0.15, -0.1) is 0 Å². The fraction of sp³-hybridized carbons (Fsp3) is 0.174. The number of hydrogen-bond acceptors (Lipinski definition) is 2. The van der Waals surface area contributed by atoms with Gasteiger partial charge in [0.25, 0.3) is 0 Å². The quantitative estimate of drug-likeness (QED) is 0.655. The van der Waals surface area contributed by atoms with Crippen molar-refractivity contribution in [1.82, 2.24) is 0 Å². The molecule has 0 aliphatic rings. The van der Waals surface area contributed by atoms with E-state index >= 15 is 0 Å². The van der Waals surface area contributed by atoms with E-state index in [1.165, 1.54) is 16.7 Å². The predicted octanol–water partition coefficient (Wildman–Crippen LogP) is 5.59. The number of carbonyl (C=O) groups is 1. The predicted molar refractivity (Wildman–Crippen MR) is 106 cm³/mol. The minimum absolute atomic E-state index is 0.0274. The lowest BCUT2D eigenvalue weighted by molar-refractivity contribution is -0.115. The third kappa shape index (κ3) is 4.73. The molecule has 0 aliphatic carbocycles. The van der Waals surface area contributed by atoms with Crippen molar-refractivity contribution in [2.75, 3.05) is 5.32 Å². The Morgan fingerprint density at radius 1 is 0.808 bits per heavy atom. The standard InChI is InChI=1S/C23H23NO2/c1-16-4-10-21(11-5-16)26-22-12-8-20(9-13-22)24-23(25)15-19-7-6-17(2)18(3)14-19/h4-14H,15H2,1-3H3,(H,24,25). The smallest absolute Gasteiger partial charge is 0.228 e. The Labute approximate surface area is 154 Å². The van der Waals surface area contributed by atoms with Crippen molar-refractivity contribution in [2.45, 2.75) is 27.2 Å². The summed E-state index contributed by atoms with van der Waals surface area (Å²) in [5.74, 6) is 1.50. The van der Waals surface area contributed by atoms with Crippen LogP contribution in [0.3, 0.4) is 0 Å². The van der Waals surface area contributed by atoms with Crippen LogP contribution in [0.1, 0.15) is 22.3 Å². The van der Waals surface area contributed by atoms with Gasteiger partial charge in [-0.1, -0.05) is 35.9 Å². The molecule has 0 aromatic heterocycles. The molecule has 0 spiro atoms. The zero-order chi connectivity index (χ0) is 18.5. The van der Waals surface area contributed by atoms with E-state index in [1.54, 1.807) is 0 Å². The summed E-state index contributed by atoms with van der Waals surface area (Å²) < 4.78 is 5.80. The first kappa shape index (κ1) is 17.7. The minimum Gasteiger partial charge on any atom is -0.457 e. The molecule has 0 saturated carbocycles. The Hall–Kier alpha value is -3.07. The Balaban J connectivity index is 1.58. The minimum atomic E-state index is -0.0274. The van der Waals surface area contributed by atoms with Crippen molar-refractivity contribution in [1.29, 1.82) is 0 Å². The lowest BCUT2D eigenvalue weighted by Gasteiger charge is -2.09. The molecule has 1 N–H and O–H groups in total. The highest BCUT2D eigenvalue weighted by Gasteiger charge is 2.06. The highest BCUT2D eigenvalue weighted by atomic mass is 16.5. The van der Waals surface area contributed by atoms with E-state index in [4.69, 9.17) is 4.74 Å². The number of anilines is 1. The molecule has 0 aliphatic heterocycles. The van der Waals surface area contributed by atoms with Gasteiger partial charge in [0.2, 0.25) is 5.91 Å². The van der Waals surface area contributed by atoms with Crippen LogP contribution in [0.2, 0.25) is 0 Å². The first-order valence-electron chi connectivity index (χ1n) is 8.70. The second-order valence-electron chi connectivity index (χ2n) is 6.58. The summed E-state index contributed by atoms with van der Waals surface area (Å²) in [5, 5.41) is 2.93. The van der Waals surface area contributed by atoms with Crippen LogP contribution < -0.4 is 10.1 Å². The van der Waals surface area contributed by atoms with E-state index in [-0.39, 0.29) is 5.91 Å². The van der Waals surface area contributed by atoms with E-state index in [9.17, 15) is 4.79 Å². The van der Waals surface area contributed by atoms with Crippen LogP contribution in [0, 0.1) is 20.8 Å². The molecule has 0 unspecified atom stereocenters. The van der Waals surface area contributed by atoms with Crippen LogP contribution in [0.4, 0.5) is 5.69 Å². The van der Waals surface area contributed by atoms with E-state index in [0.29, 0.717) is 6.42 Å². The number of carbonyl (C=O) groups excluding carboxylic acids is 1. The molecular weight excluding hydrogens is 322 g/mol. The van der Waals surface area contributed by atoms with Gasteiger partial charge < -0.3 is 10.1 Å². The molecule has 132 valence electrons. The fourth-order valence-corrected chi connectivity index (χ4v) is 2.65. The van der Waals surface area contributed by atoms with Crippen molar-refractivity contribution in [2.24, 2.45) is 0 Å². The average Bonchev–Trinajstić information content (AvgIpc) is 2.62. The molecule has 26 heavy (non-hydrogen) atoms. The average molecular weight is 345 g/mol. The molecule has 0 fully saturated rings. The summed E-state index contributed by atoms with van der Waals surface area (Å²) in [6, 6.07) is 21.4. The number of ether oxygens (including phenoxy) is 1. The number of hydrogen-bond donors (Lipinski definition) is 1. The van der Waals surface area contributed by atoms with Gasteiger partial charge in [0, 0.05) is 5.69 Å². The van der Waals surface area contributed by atoms with Crippen molar-refractivity contribution >= 4 is 11.6 Å². The molecule has 3 nitrogen and oxygen atoms in total. The molecule has 0 saturated heterocycles. The molecule has 3 aromatic rings. The maximum Gasteiger partial charge on any atom is 0.228 e. The van der Waals surface area contributed by atoms with Gasteiger partial charge >= 0.3 is 0 Å². The maximum atomic E-state index is 12.2. The van der Waals surface area contributed by atoms with Gasteiger partial charge in [0.05, 0.1) is 6.42 Å². The lowest BCUT2D eigenvalue weighted by atomic mass is 10.0. The van der Waals surface area contributed by atoms with Crippen LogP contribution in [0.25, 0.3) is 0 Å². The second kappa shape index (κ2) is 7.87. The van der Waals surface area contributed by atoms with E-state index in [2.05, 4.69) is 31.3 Å². The third-order valence-electron chi connectivity index (χ3n) is 4.33. The number of nitrogens with one attached hydrogen (secondary N) is 1. The second-order valence-corrected chi connectivity index (χ2v) is 6.58. The summed E-state index contributed by atoms with van der Waals surface area (Å²) in [6.07, 6.45) is 0.364. The number of aryl methyl sites for hydroxylation is 3. The molecule has 0 bridgehead atoms. The van der Waals surface area contributed by atoms with Gasteiger partial charge in [-0.25, -0.2) is 0 Å². The Morgan fingerprint density at radius 3 is 2.04 bits per heavy atom. The van der Waals surface area contributed by atoms with Crippen molar-refractivity contribution < 1.29 is 9.53 Å². The highest BCUT2D eigenvalue weighted by Crippen LogP contribution is 2.23. The van der Waals surface area contributed by atoms with Crippen LogP contribution in [0.15, 0.2) is 66.7 Å². The zero-order valence-electron chi connectivity index (χ0n) is 15.4. The van der Waals surface area contributed by atoms with Crippen LogP contribution in [-0.4, -0.2) is 5.91 Å². The van der Waals surface area contributed by atoms with Crippen molar-refractivity contribution in [3.8, 4) is 11.5 Å². The van der Waals surface area contributed by atoms with Crippen molar-refractivity contribution in [3.63, 3.8) is 0 Å². The number of benzene rings is 3. The Kier molecular flexibility index (Phi) is 5.37. The van der Waals surface area contributed by atoms with Gasteiger partial charge in [0.15, 0.2) is 0 Å². The normalized spacial score (nSPS) is 10.4. The third-order valence-corrected chi connectivity index (χ3v) is 4.33. The maximum absolute atomic E-state index is 12.2. The van der Waals surface area contributed by atoms with Crippen LogP contribution in [-0.2, 0) is 11.2 Å². The van der Waals surface area contributed by atoms with Crippen molar-refractivity contribution in [3.05, 3.63) is 89.0 Å². The monoisotopic (exact) mass is 345 g/mol. The fourth-order valence-electron chi connectivity index (χ4n) is 2.65. The summed E-state index contributed by atoms with van der Waals surface area (Å²) in [4.78, 5) is 12.2. The molecule has 0 atom stereocenters. The topological polar surface area (TPSA) is 38.3 Å². The van der Waals surface area contributed by atoms with E-state index < -0.39 is 0 Å². The van der Waals surface area contributed by atoms with Crippen LogP contribution >= 0.6 is 0 Å². The summed E-state index contributed by atoms with van der Waals surface area (Å²) in [7, 11) is 0. The Morgan fingerprint density at radius 2 is 1.42 bits per heavy atom. The summed E-state index contributed by atoms with van der Waals surface area (Å²) >= 11 is 0. The van der Waals surface area contributed by atoms with Gasteiger partial charge in [-0.05, 0) is 73.9 Å². The lowest BCUT2D eigenvalue weighted by Crippen LogP contribution is -2.14. The first-order chi connectivity index (χ1) is 12.5. The molecule has 3 rings (SSSR count). The van der Waals surface area contributed by atoms with E-state index in [1.807, 2.05) is 61.5 Å². The molecule has 3 heteroatoms. The molecule has 1 amide bonds. The largest absolute Gasteiger partial charge is 0.457 e. The highest BCUT2D eigenvalue weighted by molar-refractivity contribution is 5.92. The van der Waals surface area contributed by atoms with E-state index in [0.717, 1.165) is 22.7 Å². The molecule has 0 radical (unpaired) electrons. The summed E-state index contributed by atoms with van der Waals surface area (Å²) in [6.45, 7) is 6.17. The van der Waals surface area contributed by atoms with Gasteiger partial charge in [-0.2, -0.15) is 0 Å². The molecule has 3 aromatic carbocycles. The van der Waals surface area contributed by atoms with Crippen LogP contribution in [0.5, 0.6) is 11.5 Å². The first-order valence-corrected chi connectivity index (χ1v) is 8.70.